The van der Waals surface area contributed by atoms with E-state index in [9.17, 15) is 9.59 Å². The minimum atomic E-state index is -0.549. The molecule has 0 bridgehead atoms. The quantitative estimate of drug-likeness (QED) is 0.603. The van der Waals surface area contributed by atoms with Crippen LogP contribution in [0, 0.1) is 0 Å². The van der Waals surface area contributed by atoms with Gasteiger partial charge >= 0.3 is 5.97 Å². The van der Waals surface area contributed by atoms with E-state index in [1.54, 1.807) is 31.3 Å². The molecule has 0 spiro atoms. The van der Waals surface area contributed by atoms with Gasteiger partial charge in [-0.15, -0.1) is 0 Å². The molecule has 0 fully saturated rings. The topological polar surface area (TPSA) is 61.2 Å². The van der Waals surface area contributed by atoms with E-state index >= 15 is 0 Å². The second kappa shape index (κ2) is 5.27. The highest BCUT2D eigenvalue weighted by Crippen LogP contribution is 2.03. The minimum Gasteiger partial charge on any atom is -0.454 e. The van der Waals surface area contributed by atoms with Gasteiger partial charge in [0.15, 0.2) is 12.4 Å². The molecule has 0 saturated heterocycles. The highest BCUT2D eigenvalue weighted by molar-refractivity contribution is 5.99. The number of Topliss-reactive ketones (excluding diaryl/α,β-unsaturated/α-hetero) is 1. The molecular formula is C13H12N2O3. The van der Waals surface area contributed by atoms with Crippen molar-refractivity contribution in [1.29, 1.82) is 0 Å². The number of rotatable bonds is 4. The summed E-state index contributed by atoms with van der Waals surface area (Å²) >= 11 is 0. The molecule has 0 aliphatic carbocycles. The first kappa shape index (κ1) is 12.0. The Balaban J connectivity index is 1.92. The van der Waals surface area contributed by atoms with E-state index in [4.69, 9.17) is 4.74 Å². The van der Waals surface area contributed by atoms with Crippen molar-refractivity contribution in [3.05, 3.63) is 53.9 Å². The molecule has 0 unspecified atom stereocenters. The molecule has 1 aromatic carbocycles. The average Bonchev–Trinajstić information content (AvgIpc) is 2.83. The molecule has 5 heteroatoms. The lowest BCUT2D eigenvalue weighted by molar-refractivity contribution is 0.0474. The Bertz CT molecular complexity index is 561. The Morgan fingerprint density at radius 3 is 2.56 bits per heavy atom. The maximum atomic E-state index is 11.7. The third kappa shape index (κ3) is 2.82. The van der Waals surface area contributed by atoms with Crippen LogP contribution < -0.4 is 0 Å². The molecule has 1 aromatic heterocycles. The zero-order chi connectivity index (χ0) is 13.0. The first-order chi connectivity index (χ1) is 8.66. The number of hydrogen-bond acceptors (Lipinski definition) is 4. The summed E-state index contributed by atoms with van der Waals surface area (Å²) in [5.41, 5.74) is 0.856. The summed E-state index contributed by atoms with van der Waals surface area (Å²) in [4.78, 5) is 23.3. The fourth-order valence-electron chi connectivity index (χ4n) is 1.45. The highest BCUT2D eigenvalue weighted by atomic mass is 16.5. The van der Waals surface area contributed by atoms with Crippen molar-refractivity contribution in [2.24, 2.45) is 7.05 Å². The molecule has 0 radical (unpaired) electrons. The van der Waals surface area contributed by atoms with Gasteiger partial charge < -0.3 is 4.74 Å². The average molecular weight is 244 g/mol. The van der Waals surface area contributed by atoms with Gasteiger partial charge in [-0.25, -0.2) is 4.79 Å². The summed E-state index contributed by atoms with van der Waals surface area (Å²) in [7, 11) is 1.70. The Kier molecular flexibility index (Phi) is 3.52. The molecule has 92 valence electrons. The predicted octanol–water partition coefficient (Wildman–Crippen LogP) is 1.46. The molecular weight excluding hydrogens is 232 g/mol. The third-order valence-electron chi connectivity index (χ3n) is 2.37. The molecule has 0 saturated carbocycles. The first-order valence-electron chi connectivity index (χ1n) is 5.41. The lowest BCUT2D eigenvalue weighted by Gasteiger charge is -2.02. The van der Waals surface area contributed by atoms with Crippen LogP contribution in [0.5, 0.6) is 0 Å². The SMILES string of the molecule is Cn1cc(C(=O)OCC(=O)c2ccccc2)cn1. The maximum Gasteiger partial charge on any atom is 0.341 e. The van der Waals surface area contributed by atoms with Crippen LogP contribution in [0.25, 0.3) is 0 Å². The van der Waals surface area contributed by atoms with Crippen LogP contribution in [0.3, 0.4) is 0 Å². The summed E-state index contributed by atoms with van der Waals surface area (Å²) in [6.07, 6.45) is 2.94. The second-order valence-electron chi connectivity index (χ2n) is 3.77. The zero-order valence-corrected chi connectivity index (χ0v) is 9.87. The monoisotopic (exact) mass is 244 g/mol. The second-order valence-corrected chi connectivity index (χ2v) is 3.77. The van der Waals surface area contributed by atoms with E-state index in [2.05, 4.69) is 5.10 Å². The Morgan fingerprint density at radius 1 is 1.22 bits per heavy atom. The Hall–Kier alpha value is -2.43. The van der Waals surface area contributed by atoms with E-state index in [1.165, 1.54) is 17.1 Å². The summed E-state index contributed by atoms with van der Waals surface area (Å²) in [6.45, 7) is -0.266. The van der Waals surface area contributed by atoms with Gasteiger partial charge in [-0.1, -0.05) is 30.3 Å². The molecule has 5 nitrogen and oxygen atoms in total. The maximum absolute atomic E-state index is 11.7. The van der Waals surface area contributed by atoms with Crippen LogP contribution in [0.2, 0.25) is 0 Å². The number of carbonyl (C=O) groups is 2. The van der Waals surface area contributed by atoms with Gasteiger partial charge in [-0.3, -0.25) is 9.48 Å². The van der Waals surface area contributed by atoms with Gasteiger partial charge in [-0.05, 0) is 0 Å². The summed E-state index contributed by atoms with van der Waals surface area (Å²) < 4.78 is 6.41. The number of ketones is 1. The molecule has 18 heavy (non-hydrogen) atoms. The molecule has 0 amide bonds. The highest BCUT2D eigenvalue weighted by Gasteiger charge is 2.12. The molecule has 0 aliphatic rings. The van der Waals surface area contributed by atoms with Gasteiger partial charge in [0.05, 0.1) is 11.8 Å². The van der Waals surface area contributed by atoms with Crippen molar-refractivity contribution in [2.45, 2.75) is 0 Å². The van der Waals surface area contributed by atoms with E-state index in [-0.39, 0.29) is 12.4 Å². The van der Waals surface area contributed by atoms with Crippen molar-refractivity contribution < 1.29 is 14.3 Å². The number of hydrogen-bond donors (Lipinski definition) is 0. The Morgan fingerprint density at radius 2 is 1.94 bits per heavy atom. The number of benzene rings is 1. The van der Waals surface area contributed by atoms with E-state index in [0.717, 1.165) is 0 Å². The summed E-state index contributed by atoms with van der Waals surface area (Å²) in [5, 5.41) is 3.85. The summed E-state index contributed by atoms with van der Waals surface area (Å²) in [5.74, 6) is -0.778. The largest absolute Gasteiger partial charge is 0.454 e. The van der Waals surface area contributed by atoms with Gasteiger partial charge in [0.25, 0.3) is 0 Å². The van der Waals surface area contributed by atoms with E-state index in [0.29, 0.717) is 11.1 Å². The fraction of sp³-hybridized carbons (Fsp3) is 0.154. The number of ether oxygens (including phenoxy) is 1. The minimum absolute atomic E-state index is 0.229. The number of carbonyl (C=O) groups excluding carboxylic acids is 2. The number of nitrogens with zero attached hydrogens (tertiary/aromatic N) is 2. The van der Waals surface area contributed by atoms with Crippen molar-refractivity contribution >= 4 is 11.8 Å². The van der Waals surface area contributed by atoms with Crippen LogP contribution in [-0.4, -0.2) is 28.1 Å². The standard InChI is InChI=1S/C13H12N2O3/c1-15-8-11(7-14-15)13(17)18-9-12(16)10-5-3-2-4-6-10/h2-8H,9H2,1H3. The van der Waals surface area contributed by atoms with Gasteiger partial charge in [0.1, 0.15) is 0 Å². The number of aromatic nitrogens is 2. The van der Waals surface area contributed by atoms with Crippen LogP contribution in [0.1, 0.15) is 20.7 Å². The van der Waals surface area contributed by atoms with E-state index < -0.39 is 5.97 Å². The lowest BCUT2D eigenvalue weighted by atomic mass is 10.1. The van der Waals surface area contributed by atoms with Gasteiger partial charge in [0.2, 0.25) is 0 Å². The molecule has 0 aliphatic heterocycles. The normalized spacial score (nSPS) is 10.1. The molecule has 2 aromatic rings. The fourth-order valence-corrected chi connectivity index (χ4v) is 1.45. The van der Waals surface area contributed by atoms with Crippen molar-refractivity contribution in [2.75, 3.05) is 6.61 Å². The first-order valence-corrected chi connectivity index (χ1v) is 5.41. The predicted molar refractivity (Wildman–Crippen MR) is 64.3 cm³/mol. The van der Waals surface area contributed by atoms with Crippen molar-refractivity contribution in [3.8, 4) is 0 Å². The van der Waals surface area contributed by atoms with Crippen LogP contribution in [0.4, 0.5) is 0 Å². The number of esters is 1. The molecule has 0 N–H and O–H groups in total. The zero-order valence-electron chi connectivity index (χ0n) is 9.87. The molecule has 1 heterocycles. The molecule has 0 atom stereocenters. The van der Waals surface area contributed by atoms with Gasteiger partial charge in [0, 0.05) is 18.8 Å². The summed E-state index contributed by atoms with van der Waals surface area (Å²) in [6, 6.07) is 8.70. The molecule has 2 rings (SSSR count). The number of aryl methyl sites for hydroxylation is 1. The van der Waals surface area contributed by atoms with Crippen molar-refractivity contribution in [3.63, 3.8) is 0 Å². The van der Waals surface area contributed by atoms with Crippen LogP contribution in [0.15, 0.2) is 42.7 Å². The smallest absolute Gasteiger partial charge is 0.341 e. The van der Waals surface area contributed by atoms with Crippen LogP contribution in [-0.2, 0) is 11.8 Å². The lowest BCUT2D eigenvalue weighted by Crippen LogP contribution is -2.13. The van der Waals surface area contributed by atoms with E-state index in [1.807, 2.05) is 6.07 Å². The van der Waals surface area contributed by atoms with Crippen molar-refractivity contribution in [1.82, 2.24) is 9.78 Å². The van der Waals surface area contributed by atoms with Gasteiger partial charge in [-0.2, -0.15) is 5.10 Å². The van der Waals surface area contributed by atoms with Crippen LogP contribution >= 0.6 is 0 Å². The third-order valence-corrected chi connectivity index (χ3v) is 2.37. The Labute approximate surface area is 104 Å².